The summed E-state index contributed by atoms with van der Waals surface area (Å²) in [6, 6.07) is 3.02. The first kappa shape index (κ1) is 15.7. The molecule has 0 aromatic carbocycles. The maximum atomic E-state index is 12.3. The van der Waals surface area contributed by atoms with Gasteiger partial charge in [-0.3, -0.25) is 4.79 Å². The van der Waals surface area contributed by atoms with Crippen LogP contribution in [0, 0.1) is 22.0 Å². The predicted molar refractivity (Wildman–Crippen MR) is 83.0 cm³/mol. The summed E-state index contributed by atoms with van der Waals surface area (Å²) in [5.74, 6) is 0.944. The Balaban J connectivity index is 1.57. The minimum Gasteiger partial charge on any atom is -0.476 e. The molecule has 1 aromatic heterocycles. The number of carbonyl (C=O) groups is 1. The van der Waals surface area contributed by atoms with Crippen molar-refractivity contribution in [2.45, 2.75) is 32.1 Å². The molecule has 2 fully saturated rings. The molecule has 1 aliphatic heterocycles. The zero-order chi connectivity index (χ0) is 16.2. The van der Waals surface area contributed by atoms with E-state index in [-0.39, 0.29) is 24.1 Å². The van der Waals surface area contributed by atoms with Gasteiger partial charge in [-0.2, -0.15) is 0 Å². The molecule has 2 heterocycles. The van der Waals surface area contributed by atoms with E-state index in [0.717, 1.165) is 25.4 Å². The fourth-order valence-corrected chi connectivity index (χ4v) is 3.69. The minimum absolute atomic E-state index is 0.0402. The Bertz CT molecular complexity index is 592. The monoisotopic (exact) mass is 319 g/mol. The molecule has 7 nitrogen and oxygen atoms in total. The number of rotatable bonds is 4. The molecule has 2 aliphatic rings. The Labute approximate surface area is 134 Å². The molecular weight excluding hydrogens is 298 g/mol. The molecule has 0 spiro atoms. The summed E-state index contributed by atoms with van der Waals surface area (Å²) in [7, 11) is 0. The van der Waals surface area contributed by atoms with Crippen LogP contribution in [0.1, 0.15) is 32.1 Å². The first-order chi connectivity index (χ1) is 11.1. The average Bonchev–Trinajstić information content (AvgIpc) is 2.59. The molecule has 124 valence electrons. The molecule has 0 N–H and O–H groups in total. The standard InChI is InChI=1S/C16H21N3O4/c20-15(11-23-14-6-3-8-17-16(14)19(21)22)18-9-7-12-4-1-2-5-13(12)10-18/h3,6,8,12-13H,1-2,4-5,7,9-11H2/t12-,13-/m0/s1. The van der Waals surface area contributed by atoms with Gasteiger partial charge in [0, 0.05) is 13.1 Å². The van der Waals surface area contributed by atoms with E-state index in [2.05, 4.69) is 4.98 Å². The number of amides is 1. The number of nitrogens with zero attached hydrogens (tertiary/aromatic N) is 3. The second kappa shape index (κ2) is 6.93. The van der Waals surface area contributed by atoms with Crippen molar-refractivity contribution in [3.63, 3.8) is 0 Å². The molecule has 7 heteroatoms. The highest BCUT2D eigenvalue weighted by molar-refractivity contribution is 5.78. The van der Waals surface area contributed by atoms with Crippen LogP contribution in [-0.2, 0) is 4.79 Å². The van der Waals surface area contributed by atoms with Crippen molar-refractivity contribution >= 4 is 11.7 Å². The van der Waals surface area contributed by atoms with Crippen molar-refractivity contribution < 1.29 is 14.5 Å². The molecule has 0 unspecified atom stereocenters. The van der Waals surface area contributed by atoms with Crippen molar-refractivity contribution in [2.75, 3.05) is 19.7 Å². The van der Waals surface area contributed by atoms with Crippen molar-refractivity contribution in [2.24, 2.45) is 11.8 Å². The highest BCUT2D eigenvalue weighted by Crippen LogP contribution is 2.36. The van der Waals surface area contributed by atoms with Crippen molar-refractivity contribution in [3.8, 4) is 5.75 Å². The normalized spacial score (nSPS) is 23.9. The van der Waals surface area contributed by atoms with Crippen LogP contribution < -0.4 is 4.74 Å². The molecule has 2 atom stereocenters. The van der Waals surface area contributed by atoms with E-state index in [1.165, 1.54) is 37.9 Å². The second-order valence-corrected chi connectivity index (χ2v) is 6.30. The highest BCUT2D eigenvalue weighted by atomic mass is 16.6. The molecule has 1 aliphatic carbocycles. The fraction of sp³-hybridized carbons (Fsp3) is 0.625. The lowest BCUT2D eigenvalue weighted by atomic mass is 9.75. The maximum absolute atomic E-state index is 12.3. The zero-order valence-electron chi connectivity index (χ0n) is 13.0. The predicted octanol–water partition coefficient (Wildman–Crippen LogP) is 2.41. The second-order valence-electron chi connectivity index (χ2n) is 6.30. The Hall–Kier alpha value is -2.18. The zero-order valence-corrected chi connectivity index (χ0v) is 13.0. The number of aromatic nitrogens is 1. The summed E-state index contributed by atoms with van der Waals surface area (Å²) in [5.41, 5.74) is 0. The van der Waals surface area contributed by atoms with Crippen LogP contribution in [0.5, 0.6) is 5.75 Å². The molecule has 1 aromatic rings. The molecule has 23 heavy (non-hydrogen) atoms. The van der Waals surface area contributed by atoms with Gasteiger partial charge >= 0.3 is 5.82 Å². The summed E-state index contributed by atoms with van der Waals surface area (Å²) in [4.78, 5) is 28.1. The van der Waals surface area contributed by atoms with Crippen LogP contribution in [0.2, 0.25) is 0 Å². The molecule has 3 rings (SSSR count). The Morgan fingerprint density at radius 3 is 2.91 bits per heavy atom. The van der Waals surface area contributed by atoms with Gasteiger partial charge in [-0.1, -0.05) is 19.3 Å². The van der Waals surface area contributed by atoms with Crippen LogP contribution in [0.4, 0.5) is 5.82 Å². The SMILES string of the molecule is O=C(COc1cccnc1[N+](=O)[O-])N1CC[C@@H]2CCCC[C@H]2C1. The third kappa shape index (κ3) is 3.60. The van der Waals surface area contributed by atoms with Gasteiger partial charge in [0.05, 0.1) is 0 Å². The number of ether oxygens (including phenoxy) is 1. The summed E-state index contributed by atoms with van der Waals surface area (Å²) in [6.45, 7) is 1.38. The smallest absolute Gasteiger partial charge is 0.406 e. The third-order valence-electron chi connectivity index (χ3n) is 4.92. The van der Waals surface area contributed by atoms with Gasteiger partial charge in [0.15, 0.2) is 6.61 Å². The van der Waals surface area contributed by atoms with Gasteiger partial charge in [-0.05, 0) is 46.7 Å². The highest BCUT2D eigenvalue weighted by Gasteiger charge is 2.33. The number of carbonyl (C=O) groups excluding carboxylic acids is 1. The summed E-state index contributed by atoms with van der Waals surface area (Å²) in [5, 5.41) is 10.9. The van der Waals surface area contributed by atoms with Crippen molar-refractivity contribution in [1.82, 2.24) is 9.88 Å². The number of likely N-dealkylation sites (tertiary alicyclic amines) is 1. The molecule has 1 saturated carbocycles. The number of hydrogen-bond acceptors (Lipinski definition) is 5. The van der Waals surface area contributed by atoms with Crippen LogP contribution >= 0.6 is 0 Å². The van der Waals surface area contributed by atoms with Crippen molar-refractivity contribution in [3.05, 3.63) is 28.4 Å². The maximum Gasteiger partial charge on any atom is 0.406 e. The van der Waals surface area contributed by atoms with E-state index in [1.807, 2.05) is 4.90 Å². The van der Waals surface area contributed by atoms with E-state index in [9.17, 15) is 14.9 Å². The van der Waals surface area contributed by atoms with E-state index in [1.54, 1.807) is 6.07 Å². The van der Waals surface area contributed by atoms with Gasteiger partial charge in [-0.25, -0.2) is 0 Å². The van der Waals surface area contributed by atoms with E-state index < -0.39 is 4.92 Å². The summed E-state index contributed by atoms with van der Waals surface area (Å²) >= 11 is 0. The fourth-order valence-electron chi connectivity index (χ4n) is 3.69. The summed E-state index contributed by atoms with van der Waals surface area (Å²) in [6.07, 6.45) is 7.43. The molecule has 1 amide bonds. The van der Waals surface area contributed by atoms with E-state index in [0.29, 0.717) is 5.92 Å². The van der Waals surface area contributed by atoms with Gasteiger partial charge in [0.1, 0.15) is 6.20 Å². The lowest BCUT2D eigenvalue weighted by Gasteiger charge is -2.41. The average molecular weight is 319 g/mol. The summed E-state index contributed by atoms with van der Waals surface area (Å²) < 4.78 is 5.35. The number of fused-ring (bicyclic) bond motifs is 1. The van der Waals surface area contributed by atoms with E-state index in [4.69, 9.17) is 4.74 Å². The first-order valence-corrected chi connectivity index (χ1v) is 8.15. The number of pyridine rings is 1. The van der Waals surface area contributed by atoms with Crippen molar-refractivity contribution in [1.29, 1.82) is 0 Å². The first-order valence-electron chi connectivity index (χ1n) is 8.15. The van der Waals surface area contributed by atoms with Crippen LogP contribution in [0.15, 0.2) is 18.3 Å². The van der Waals surface area contributed by atoms with Gasteiger partial charge < -0.3 is 19.8 Å². The number of hydrogen-bond donors (Lipinski definition) is 0. The van der Waals surface area contributed by atoms with Gasteiger partial charge in [-0.15, -0.1) is 0 Å². The van der Waals surface area contributed by atoms with Crippen LogP contribution in [0.3, 0.4) is 0 Å². The van der Waals surface area contributed by atoms with E-state index >= 15 is 0 Å². The molecule has 1 saturated heterocycles. The largest absolute Gasteiger partial charge is 0.476 e. The van der Waals surface area contributed by atoms with Crippen LogP contribution in [-0.4, -0.2) is 40.4 Å². The Kier molecular flexibility index (Phi) is 4.73. The van der Waals surface area contributed by atoms with Crippen LogP contribution in [0.25, 0.3) is 0 Å². The number of nitro groups is 1. The molecular formula is C16H21N3O4. The minimum atomic E-state index is -0.604. The van der Waals surface area contributed by atoms with Gasteiger partial charge in [0.25, 0.3) is 5.91 Å². The Morgan fingerprint density at radius 2 is 2.13 bits per heavy atom. The van der Waals surface area contributed by atoms with Gasteiger partial charge in [0.2, 0.25) is 5.75 Å². The number of piperidine rings is 1. The third-order valence-corrected chi connectivity index (χ3v) is 4.92. The molecule has 0 bridgehead atoms. The quantitative estimate of drug-likeness (QED) is 0.628. The molecule has 0 radical (unpaired) electrons. The topological polar surface area (TPSA) is 85.6 Å². The Morgan fingerprint density at radius 1 is 1.35 bits per heavy atom. The lowest BCUT2D eigenvalue weighted by molar-refractivity contribution is -0.390. The lowest BCUT2D eigenvalue weighted by Crippen LogP contribution is -2.46.